The Morgan fingerprint density at radius 3 is 2.60 bits per heavy atom. The molecule has 6 heteroatoms. The topological polar surface area (TPSA) is 82.5 Å². The molecule has 110 valence electrons. The number of nitrogens with one attached hydrogen (secondary N) is 1. The van der Waals surface area contributed by atoms with Crippen molar-refractivity contribution in [3.8, 4) is 0 Å². The zero-order chi connectivity index (χ0) is 15.1. The van der Waals surface area contributed by atoms with E-state index in [0.717, 1.165) is 5.69 Å². The van der Waals surface area contributed by atoms with Crippen molar-refractivity contribution >= 4 is 12.0 Å². The molecule has 1 aromatic heterocycles. The van der Waals surface area contributed by atoms with Gasteiger partial charge >= 0.3 is 12.0 Å². The molecular weight excluding hydrogens is 258 g/mol. The van der Waals surface area contributed by atoms with E-state index in [9.17, 15) is 9.59 Å². The van der Waals surface area contributed by atoms with Crippen molar-refractivity contribution in [3.63, 3.8) is 0 Å². The molecule has 6 nitrogen and oxygen atoms in total. The van der Waals surface area contributed by atoms with Crippen LogP contribution in [0.25, 0.3) is 0 Å². The number of nitrogens with zero attached hydrogens (tertiary/aromatic N) is 2. The number of hydrogen-bond donors (Lipinski definition) is 2. The van der Waals surface area contributed by atoms with Crippen LogP contribution in [0.1, 0.15) is 38.9 Å². The summed E-state index contributed by atoms with van der Waals surface area (Å²) in [6, 6.07) is 4.66. The molecule has 0 bridgehead atoms. The largest absolute Gasteiger partial charge is 0.480 e. The van der Waals surface area contributed by atoms with Gasteiger partial charge in [-0.15, -0.1) is 0 Å². The van der Waals surface area contributed by atoms with Gasteiger partial charge in [0.2, 0.25) is 0 Å². The average molecular weight is 279 g/mol. The number of rotatable bonds is 6. The van der Waals surface area contributed by atoms with Crippen LogP contribution in [0.3, 0.4) is 0 Å². The highest BCUT2D eigenvalue weighted by Gasteiger charge is 2.23. The van der Waals surface area contributed by atoms with Gasteiger partial charge in [-0.05, 0) is 32.4 Å². The Kier molecular flexibility index (Phi) is 5.96. The van der Waals surface area contributed by atoms with Crippen LogP contribution in [0, 0.1) is 0 Å². The third-order valence-corrected chi connectivity index (χ3v) is 3.16. The second-order valence-electron chi connectivity index (χ2n) is 4.70. The highest BCUT2D eigenvalue weighted by molar-refractivity contribution is 5.80. The fourth-order valence-corrected chi connectivity index (χ4v) is 1.77. The second kappa shape index (κ2) is 7.47. The van der Waals surface area contributed by atoms with Gasteiger partial charge in [0.25, 0.3) is 0 Å². The summed E-state index contributed by atoms with van der Waals surface area (Å²) in [7, 11) is 0. The lowest BCUT2D eigenvalue weighted by Crippen LogP contribution is -2.48. The molecule has 0 aliphatic rings. The maximum absolute atomic E-state index is 12.2. The molecule has 0 aliphatic carbocycles. The van der Waals surface area contributed by atoms with Gasteiger partial charge in [0.1, 0.15) is 6.54 Å². The molecule has 2 amide bonds. The van der Waals surface area contributed by atoms with Crippen LogP contribution in [0.5, 0.6) is 0 Å². The number of aliphatic carboxylic acids is 1. The van der Waals surface area contributed by atoms with Crippen molar-refractivity contribution in [2.75, 3.05) is 6.54 Å². The third-order valence-electron chi connectivity index (χ3n) is 3.16. The summed E-state index contributed by atoms with van der Waals surface area (Å²) < 4.78 is 0. The van der Waals surface area contributed by atoms with Gasteiger partial charge in [-0.1, -0.05) is 13.0 Å². The first-order chi connectivity index (χ1) is 9.45. The summed E-state index contributed by atoms with van der Waals surface area (Å²) in [5.74, 6) is -1.02. The number of urea groups is 1. The Morgan fingerprint density at radius 2 is 2.10 bits per heavy atom. The van der Waals surface area contributed by atoms with E-state index in [1.807, 2.05) is 32.9 Å². The van der Waals surface area contributed by atoms with Crippen molar-refractivity contribution in [2.24, 2.45) is 0 Å². The van der Waals surface area contributed by atoms with Crippen molar-refractivity contribution in [1.29, 1.82) is 0 Å². The van der Waals surface area contributed by atoms with E-state index in [1.165, 1.54) is 4.90 Å². The standard InChI is InChI=1S/C14H21N3O3/c1-4-10(2)17(9-13(18)19)14(20)16-11(3)12-7-5-6-8-15-12/h5-8,10-11H,4,9H2,1-3H3,(H,16,20)(H,18,19). The molecular formula is C14H21N3O3. The Hall–Kier alpha value is -2.11. The van der Waals surface area contributed by atoms with Crippen LogP contribution >= 0.6 is 0 Å². The van der Waals surface area contributed by atoms with Crippen molar-refractivity contribution in [1.82, 2.24) is 15.2 Å². The molecule has 0 spiro atoms. The zero-order valence-electron chi connectivity index (χ0n) is 12.0. The highest BCUT2D eigenvalue weighted by Crippen LogP contribution is 2.10. The van der Waals surface area contributed by atoms with Gasteiger partial charge in [0, 0.05) is 12.2 Å². The summed E-state index contributed by atoms with van der Waals surface area (Å²) in [5.41, 5.74) is 0.736. The first-order valence-electron chi connectivity index (χ1n) is 6.65. The van der Waals surface area contributed by atoms with Crippen LogP contribution in [0.2, 0.25) is 0 Å². The van der Waals surface area contributed by atoms with Gasteiger partial charge in [-0.3, -0.25) is 9.78 Å². The minimum Gasteiger partial charge on any atom is -0.480 e. The van der Waals surface area contributed by atoms with E-state index in [-0.39, 0.29) is 24.7 Å². The minimum absolute atomic E-state index is 0.137. The van der Waals surface area contributed by atoms with Crippen LogP contribution in [-0.2, 0) is 4.79 Å². The number of carboxylic acids is 1. The van der Waals surface area contributed by atoms with E-state index in [0.29, 0.717) is 6.42 Å². The third kappa shape index (κ3) is 4.53. The van der Waals surface area contributed by atoms with Crippen LogP contribution in [0.4, 0.5) is 4.79 Å². The lowest BCUT2D eigenvalue weighted by Gasteiger charge is -2.28. The van der Waals surface area contributed by atoms with Gasteiger partial charge in [0.05, 0.1) is 11.7 Å². The van der Waals surface area contributed by atoms with E-state index in [2.05, 4.69) is 10.3 Å². The number of pyridine rings is 1. The number of carbonyl (C=O) groups excluding carboxylic acids is 1. The molecule has 0 aromatic carbocycles. The minimum atomic E-state index is -1.02. The average Bonchev–Trinajstić information content (AvgIpc) is 2.44. The Labute approximate surface area is 118 Å². The first kappa shape index (κ1) is 15.9. The zero-order valence-corrected chi connectivity index (χ0v) is 12.0. The van der Waals surface area contributed by atoms with E-state index >= 15 is 0 Å². The van der Waals surface area contributed by atoms with Crippen molar-refractivity contribution in [2.45, 2.75) is 39.3 Å². The molecule has 0 saturated carbocycles. The molecule has 0 saturated heterocycles. The summed E-state index contributed by atoms with van der Waals surface area (Å²) in [6.07, 6.45) is 2.35. The molecule has 20 heavy (non-hydrogen) atoms. The van der Waals surface area contributed by atoms with Crippen LogP contribution < -0.4 is 5.32 Å². The van der Waals surface area contributed by atoms with Gasteiger partial charge in [-0.2, -0.15) is 0 Å². The van der Waals surface area contributed by atoms with E-state index in [1.54, 1.807) is 12.3 Å². The van der Waals surface area contributed by atoms with Crippen molar-refractivity contribution in [3.05, 3.63) is 30.1 Å². The van der Waals surface area contributed by atoms with Gasteiger partial charge in [0.15, 0.2) is 0 Å². The summed E-state index contributed by atoms with van der Waals surface area (Å²) in [6.45, 7) is 5.24. The van der Waals surface area contributed by atoms with Gasteiger partial charge < -0.3 is 15.3 Å². The monoisotopic (exact) mass is 279 g/mol. The predicted octanol–water partition coefficient (Wildman–Crippen LogP) is 2.04. The smallest absolute Gasteiger partial charge is 0.323 e. The highest BCUT2D eigenvalue weighted by atomic mass is 16.4. The lowest BCUT2D eigenvalue weighted by atomic mass is 10.2. The summed E-state index contributed by atoms with van der Waals surface area (Å²) in [5, 5.41) is 11.7. The fourth-order valence-electron chi connectivity index (χ4n) is 1.77. The molecule has 0 fully saturated rings. The molecule has 1 aromatic rings. The predicted molar refractivity (Wildman–Crippen MR) is 75.3 cm³/mol. The van der Waals surface area contributed by atoms with Crippen molar-refractivity contribution < 1.29 is 14.7 Å². The Balaban J connectivity index is 2.73. The molecule has 2 unspecified atom stereocenters. The fraction of sp³-hybridized carbons (Fsp3) is 0.500. The molecule has 1 heterocycles. The van der Waals surface area contributed by atoms with Crippen LogP contribution in [0.15, 0.2) is 24.4 Å². The van der Waals surface area contributed by atoms with E-state index in [4.69, 9.17) is 5.11 Å². The molecule has 1 rings (SSSR count). The Bertz CT molecular complexity index is 450. The maximum Gasteiger partial charge on any atom is 0.323 e. The molecule has 2 atom stereocenters. The Morgan fingerprint density at radius 1 is 1.40 bits per heavy atom. The maximum atomic E-state index is 12.2. The van der Waals surface area contributed by atoms with Gasteiger partial charge in [-0.25, -0.2) is 4.79 Å². The molecule has 2 N–H and O–H groups in total. The normalized spacial score (nSPS) is 13.3. The van der Waals surface area contributed by atoms with Crippen LogP contribution in [-0.4, -0.2) is 39.6 Å². The lowest BCUT2D eigenvalue weighted by molar-refractivity contribution is -0.138. The number of hydrogen-bond acceptors (Lipinski definition) is 3. The number of carbonyl (C=O) groups is 2. The first-order valence-corrected chi connectivity index (χ1v) is 6.65. The summed E-state index contributed by atoms with van der Waals surface area (Å²) >= 11 is 0. The number of amides is 2. The summed E-state index contributed by atoms with van der Waals surface area (Å²) in [4.78, 5) is 28.5. The molecule has 0 radical (unpaired) electrons. The second-order valence-corrected chi connectivity index (χ2v) is 4.70. The number of aromatic nitrogens is 1. The number of carboxylic acid groups (broad SMARTS) is 1. The molecule has 0 aliphatic heterocycles. The SMILES string of the molecule is CCC(C)N(CC(=O)O)C(=O)NC(C)c1ccccn1. The van der Waals surface area contributed by atoms with E-state index < -0.39 is 5.97 Å². The quantitative estimate of drug-likeness (QED) is 0.834.